The molecule has 0 radical (unpaired) electrons. The van der Waals surface area contributed by atoms with E-state index in [1.807, 2.05) is 48.0 Å². The molecule has 1 aromatic heterocycles. The van der Waals surface area contributed by atoms with Gasteiger partial charge < -0.3 is 19.9 Å². The predicted octanol–water partition coefficient (Wildman–Crippen LogP) is 3.46. The number of halogens is 1. The summed E-state index contributed by atoms with van der Waals surface area (Å²) in [7, 11) is 1.91. The normalized spacial score (nSPS) is 19.6. The van der Waals surface area contributed by atoms with Gasteiger partial charge in [-0.25, -0.2) is 9.97 Å². The van der Waals surface area contributed by atoms with Gasteiger partial charge in [0.25, 0.3) is 0 Å². The highest BCUT2D eigenvalue weighted by molar-refractivity contribution is 5.73. The minimum absolute atomic E-state index is 0.0409. The number of anilines is 2. The van der Waals surface area contributed by atoms with E-state index in [2.05, 4.69) is 15.3 Å². The third kappa shape index (κ3) is 4.73. The van der Waals surface area contributed by atoms with E-state index < -0.39 is 0 Å². The molecule has 1 aliphatic heterocycles. The van der Waals surface area contributed by atoms with Gasteiger partial charge in [-0.2, -0.15) is 4.39 Å². The van der Waals surface area contributed by atoms with Crippen molar-refractivity contribution in [1.82, 2.24) is 15.3 Å². The summed E-state index contributed by atoms with van der Waals surface area (Å²) in [5, 5.41) is 2.87. The number of carbonyl (C=O) groups excluding carboxylic acids is 1. The van der Waals surface area contributed by atoms with Crippen molar-refractivity contribution in [2.24, 2.45) is 0 Å². The van der Waals surface area contributed by atoms with E-state index in [1.54, 1.807) is 0 Å². The summed E-state index contributed by atoms with van der Waals surface area (Å²) in [5.74, 6) is 1.08. The van der Waals surface area contributed by atoms with Gasteiger partial charge in [-0.15, -0.1) is 0 Å². The van der Waals surface area contributed by atoms with Crippen molar-refractivity contribution in [2.45, 2.75) is 57.7 Å². The second-order valence-electron chi connectivity index (χ2n) is 8.50. The molecule has 0 bridgehead atoms. The second kappa shape index (κ2) is 9.08. The van der Waals surface area contributed by atoms with Gasteiger partial charge in [-0.1, -0.05) is 12.1 Å². The first-order chi connectivity index (χ1) is 14.9. The molecule has 2 heterocycles. The van der Waals surface area contributed by atoms with E-state index in [0.29, 0.717) is 30.8 Å². The van der Waals surface area contributed by atoms with Crippen LogP contribution in [0.1, 0.15) is 51.1 Å². The lowest BCUT2D eigenvalue weighted by Gasteiger charge is -2.35. The molecule has 31 heavy (non-hydrogen) atoms. The Kier molecular flexibility index (Phi) is 6.25. The van der Waals surface area contributed by atoms with Gasteiger partial charge in [0, 0.05) is 33.0 Å². The maximum atomic E-state index is 15.2. The fourth-order valence-electron chi connectivity index (χ4n) is 4.20. The molecule has 1 saturated heterocycles. The zero-order valence-electron chi connectivity index (χ0n) is 18.3. The van der Waals surface area contributed by atoms with Crippen LogP contribution in [0, 0.1) is 5.82 Å². The Morgan fingerprint density at radius 1 is 1.26 bits per heavy atom. The molecule has 0 unspecified atom stereocenters. The Morgan fingerprint density at radius 2 is 2.00 bits per heavy atom. The summed E-state index contributed by atoms with van der Waals surface area (Å²) in [4.78, 5) is 23.5. The van der Waals surface area contributed by atoms with Crippen molar-refractivity contribution in [2.75, 3.05) is 29.9 Å². The van der Waals surface area contributed by atoms with Crippen LogP contribution in [0.25, 0.3) is 0 Å². The van der Waals surface area contributed by atoms with Crippen LogP contribution in [0.3, 0.4) is 0 Å². The largest absolute Gasteiger partial charge is 0.489 e. The number of amides is 1. The lowest BCUT2D eigenvalue weighted by Crippen LogP contribution is -2.38. The SMILES string of the molecule is CC(=O)N[C@@H](C)c1ccc(O[C@@H]2CCN(c3ncnc(N(C)C4CCC4)c3F)C2)cc1. The number of hydrogen-bond donors (Lipinski definition) is 1. The summed E-state index contributed by atoms with van der Waals surface area (Å²) >= 11 is 0. The molecule has 1 N–H and O–H groups in total. The first kappa shape index (κ1) is 21.3. The fourth-order valence-corrected chi connectivity index (χ4v) is 4.20. The number of nitrogens with one attached hydrogen (secondary N) is 1. The molecule has 4 rings (SSSR count). The van der Waals surface area contributed by atoms with Gasteiger partial charge in [0.15, 0.2) is 11.6 Å². The van der Waals surface area contributed by atoms with Gasteiger partial charge in [-0.3, -0.25) is 4.79 Å². The molecule has 8 heteroatoms. The van der Waals surface area contributed by atoms with Crippen molar-refractivity contribution in [1.29, 1.82) is 0 Å². The fraction of sp³-hybridized carbons (Fsp3) is 0.522. The Bertz CT molecular complexity index is 919. The maximum absolute atomic E-state index is 15.2. The van der Waals surface area contributed by atoms with Gasteiger partial charge >= 0.3 is 0 Å². The van der Waals surface area contributed by atoms with Gasteiger partial charge in [0.1, 0.15) is 18.2 Å². The molecular weight excluding hydrogens is 397 g/mol. The van der Waals surface area contributed by atoms with E-state index >= 15 is 4.39 Å². The summed E-state index contributed by atoms with van der Waals surface area (Å²) in [6.45, 7) is 4.71. The van der Waals surface area contributed by atoms with Gasteiger partial charge in [-0.05, 0) is 43.9 Å². The molecule has 2 aliphatic rings. The topological polar surface area (TPSA) is 70.6 Å². The summed E-state index contributed by atoms with van der Waals surface area (Å²) in [6, 6.07) is 8.04. The number of ether oxygens (including phenoxy) is 1. The van der Waals surface area contributed by atoms with Crippen LogP contribution in [0.2, 0.25) is 0 Å². The maximum Gasteiger partial charge on any atom is 0.217 e. The van der Waals surface area contributed by atoms with Gasteiger partial charge in [0.2, 0.25) is 11.7 Å². The van der Waals surface area contributed by atoms with Crippen molar-refractivity contribution in [3.63, 3.8) is 0 Å². The number of nitrogens with zero attached hydrogens (tertiary/aromatic N) is 4. The monoisotopic (exact) mass is 427 g/mol. The molecule has 1 aromatic carbocycles. The van der Waals surface area contributed by atoms with Crippen LogP contribution in [-0.2, 0) is 4.79 Å². The molecule has 0 spiro atoms. The zero-order valence-corrected chi connectivity index (χ0v) is 18.3. The predicted molar refractivity (Wildman–Crippen MR) is 118 cm³/mol. The standard InChI is InChI=1S/C23H30FN5O2/c1-15(27-16(2)30)17-7-9-19(10-8-17)31-20-11-12-29(13-20)23-21(24)22(25-14-26-23)28(3)18-5-4-6-18/h7-10,14-15,18,20H,4-6,11-13H2,1-3H3,(H,27,30)/t15-,20+/m0/s1. The van der Waals surface area contributed by atoms with E-state index in [0.717, 1.165) is 30.6 Å². The molecule has 166 valence electrons. The van der Waals surface area contributed by atoms with Crippen LogP contribution >= 0.6 is 0 Å². The Labute approximate surface area is 182 Å². The van der Waals surface area contributed by atoms with Crippen molar-refractivity contribution in [3.8, 4) is 5.75 Å². The van der Waals surface area contributed by atoms with E-state index in [4.69, 9.17) is 4.74 Å². The van der Waals surface area contributed by atoms with Gasteiger partial charge in [0.05, 0.1) is 12.6 Å². The molecule has 1 saturated carbocycles. The van der Waals surface area contributed by atoms with Crippen molar-refractivity contribution in [3.05, 3.63) is 42.0 Å². The van der Waals surface area contributed by atoms with Crippen LogP contribution < -0.4 is 19.9 Å². The lowest BCUT2D eigenvalue weighted by molar-refractivity contribution is -0.119. The first-order valence-electron chi connectivity index (χ1n) is 10.9. The summed E-state index contributed by atoms with van der Waals surface area (Å²) in [6.07, 6.45) is 5.55. The molecule has 2 aromatic rings. The smallest absolute Gasteiger partial charge is 0.217 e. The third-order valence-electron chi connectivity index (χ3n) is 6.26. The second-order valence-corrected chi connectivity index (χ2v) is 8.50. The molecular formula is C23H30FN5O2. The van der Waals surface area contributed by atoms with Crippen LogP contribution in [-0.4, -0.2) is 48.2 Å². The zero-order chi connectivity index (χ0) is 22.0. The highest BCUT2D eigenvalue weighted by atomic mass is 19.1. The number of hydrogen-bond acceptors (Lipinski definition) is 6. The quantitative estimate of drug-likeness (QED) is 0.730. The van der Waals surface area contributed by atoms with Crippen LogP contribution in [0.15, 0.2) is 30.6 Å². The Balaban J connectivity index is 1.38. The number of carbonyl (C=O) groups is 1. The molecule has 1 aliphatic carbocycles. The molecule has 2 fully saturated rings. The number of rotatable bonds is 7. The highest BCUT2D eigenvalue weighted by Gasteiger charge is 2.31. The average Bonchev–Trinajstić information content (AvgIpc) is 3.15. The average molecular weight is 428 g/mol. The third-order valence-corrected chi connectivity index (χ3v) is 6.26. The van der Waals surface area contributed by atoms with Crippen molar-refractivity contribution < 1.29 is 13.9 Å². The van der Waals surface area contributed by atoms with Crippen LogP contribution in [0.4, 0.5) is 16.0 Å². The Hall–Kier alpha value is -2.90. The summed E-state index contributed by atoms with van der Waals surface area (Å²) in [5.41, 5.74) is 1.02. The summed E-state index contributed by atoms with van der Waals surface area (Å²) < 4.78 is 21.3. The van der Waals surface area contributed by atoms with Crippen molar-refractivity contribution >= 4 is 17.5 Å². The Morgan fingerprint density at radius 3 is 2.65 bits per heavy atom. The molecule has 7 nitrogen and oxygen atoms in total. The van der Waals surface area contributed by atoms with E-state index in [-0.39, 0.29) is 23.9 Å². The minimum Gasteiger partial charge on any atom is -0.489 e. The number of benzene rings is 1. The van der Waals surface area contributed by atoms with E-state index in [1.165, 1.54) is 19.7 Å². The molecule has 1 amide bonds. The van der Waals surface area contributed by atoms with Crippen LogP contribution in [0.5, 0.6) is 5.75 Å². The molecule has 2 atom stereocenters. The van der Waals surface area contributed by atoms with E-state index in [9.17, 15) is 4.79 Å². The highest BCUT2D eigenvalue weighted by Crippen LogP contribution is 2.32. The lowest BCUT2D eigenvalue weighted by atomic mass is 9.92. The number of aromatic nitrogens is 2. The minimum atomic E-state index is -0.353. The first-order valence-corrected chi connectivity index (χ1v) is 10.9.